The number of hydrogen-bond donors (Lipinski definition) is 1. The van der Waals surface area contributed by atoms with Gasteiger partial charge in [-0.15, -0.1) is 11.8 Å². The van der Waals surface area contributed by atoms with Gasteiger partial charge in [-0.2, -0.15) is 0 Å². The molecule has 1 amide bonds. The molecule has 1 aliphatic carbocycles. The third-order valence-electron chi connectivity index (χ3n) is 3.40. The van der Waals surface area contributed by atoms with Crippen LogP contribution in [0.4, 0.5) is 0 Å². The molecule has 1 aliphatic rings. The van der Waals surface area contributed by atoms with E-state index in [0.29, 0.717) is 17.1 Å². The van der Waals surface area contributed by atoms with Crippen LogP contribution >= 0.6 is 11.8 Å². The molecule has 104 valence electrons. The first-order chi connectivity index (χ1) is 8.91. The van der Waals surface area contributed by atoms with Gasteiger partial charge in [0, 0.05) is 5.57 Å². The molecule has 0 saturated heterocycles. The normalized spacial score (nSPS) is 20.4. The van der Waals surface area contributed by atoms with Crippen LogP contribution in [0, 0.1) is 5.92 Å². The molecule has 0 aromatic heterocycles. The van der Waals surface area contributed by atoms with Crippen LogP contribution < -0.4 is 5.73 Å². The van der Waals surface area contributed by atoms with Crippen molar-refractivity contribution in [1.29, 1.82) is 0 Å². The zero-order valence-corrected chi connectivity index (χ0v) is 12.7. The molecule has 0 fully saturated rings. The molecule has 1 atom stereocenters. The lowest BCUT2D eigenvalue weighted by Crippen LogP contribution is -2.14. The maximum absolute atomic E-state index is 11.3. The first kappa shape index (κ1) is 15.8. The number of carbonyl (C=O) groups is 1. The van der Waals surface area contributed by atoms with Crippen LogP contribution in [0.25, 0.3) is 0 Å². The smallest absolute Gasteiger partial charge is 0.249 e. The van der Waals surface area contributed by atoms with Gasteiger partial charge in [0.25, 0.3) is 0 Å². The van der Waals surface area contributed by atoms with E-state index in [-0.39, 0.29) is 0 Å². The van der Waals surface area contributed by atoms with Crippen molar-refractivity contribution in [2.75, 3.05) is 0 Å². The summed E-state index contributed by atoms with van der Waals surface area (Å²) in [7, 11) is 0. The zero-order chi connectivity index (χ0) is 14.4. The fraction of sp³-hybridized carbons (Fsp3) is 0.438. The Bertz CT molecular complexity index is 430. The molecule has 0 spiro atoms. The summed E-state index contributed by atoms with van der Waals surface area (Å²) >= 11 is 1.52. The van der Waals surface area contributed by atoms with E-state index in [0.717, 1.165) is 30.6 Å². The Morgan fingerprint density at radius 2 is 2.16 bits per heavy atom. The Morgan fingerprint density at radius 1 is 1.47 bits per heavy atom. The molecule has 2 N–H and O–H groups in total. The molecule has 2 nitrogen and oxygen atoms in total. The summed E-state index contributed by atoms with van der Waals surface area (Å²) in [6.07, 6.45) is 6.84. The lowest BCUT2D eigenvalue weighted by atomic mass is 9.99. The maximum Gasteiger partial charge on any atom is 0.249 e. The Balaban J connectivity index is 2.62. The Labute approximate surface area is 120 Å². The number of amides is 1. The monoisotopic (exact) mass is 277 g/mol. The van der Waals surface area contributed by atoms with Crippen LogP contribution in [0.15, 0.2) is 46.3 Å². The molecule has 0 radical (unpaired) electrons. The second-order valence-electron chi connectivity index (χ2n) is 5.12. The second-order valence-corrected chi connectivity index (χ2v) is 6.12. The summed E-state index contributed by atoms with van der Waals surface area (Å²) in [6.45, 7) is 11.9. The van der Waals surface area contributed by atoms with Gasteiger partial charge in [0.05, 0.1) is 0 Å². The first-order valence-electron chi connectivity index (χ1n) is 6.58. The molecular formula is C16H23NOS. The van der Waals surface area contributed by atoms with Crippen LogP contribution in [0.1, 0.15) is 39.5 Å². The van der Waals surface area contributed by atoms with Crippen molar-refractivity contribution in [2.45, 2.75) is 39.5 Å². The van der Waals surface area contributed by atoms with E-state index in [4.69, 9.17) is 5.73 Å². The van der Waals surface area contributed by atoms with E-state index in [9.17, 15) is 4.79 Å². The van der Waals surface area contributed by atoms with Crippen molar-refractivity contribution >= 4 is 17.7 Å². The maximum atomic E-state index is 11.3. The third-order valence-corrected chi connectivity index (χ3v) is 4.39. The third kappa shape index (κ3) is 5.11. The molecule has 0 heterocycles. The van der Waals surface area contributed by atoms with Gasteiger partial charge in [0.15, 0.2) is 0 Å². The van der Waals surface area contributed by atoms with E-state index in [1.165, 1.54) is 17.3 Å². The fourth-order valence-electron chi connectivity index (χ4n) is 2.10. The van der Waals surface area contributed by atoms with Crippen LogP contribution in [-0.2, 0) is 4.79 Å². The predicted molar refractivity (Wildman–Crippen MR) is 84.5 cm³/mol. The van der Waals surface area contributed by atoms with Gasteiger partial charge in [-0.1, -0.05) is 24.8 Å². The predicted octanol–water partition coefficient (Wildman–Crippen LogP) is 4.32. The Hall–Kier alpha value is -1.22. The molecular weight excluding hydrogens is 254 g/mol. The highest BCUT2D eigenvalue weighted by Crippen LogP contribution is 2.34. The average Bonchev–Trinajstić information content (AvgIpc) is 2.53. The van der Waals surface area contributed by atoms with Crippen molar-refractivity contribution in [1.82, 2.24) is 0 Å². The molecule has 19 heavy (non-hydrogen) atoms. The number of allylic oxidation sites excluding steroid dienone is 3. The average molecular weight is 277 g/mol. The van der Waals surface area contributed by atoms with Gasteiger partial charge < -0.3 is 5.73 Å². The summed E-state index contributed by atoms with van der Waals surface area (Å²) in [6, 6.07) is 0. The summed E-state index contributed by atoms with van der Waals surface area (Å²) in [5.41, 5.74) is 7.99. The van der Waals surface area contributed by atoms with Gasteiger partial charge in [-0.3, -0.25) is 4.79 Å². The first-order valence-corrected chi connectivity index (χ1v) is 7.46. The number of nitrogens with two attached hydrogens (primary N) is 1. The molecule has 1 unspecified atom stereocenters. The molecule has 0 aromatic rings. The molecule has 0 aliphatic heterocycles. The van der Waals surface area contributed by atoms with Gasteiger partial charge in [-0.05, 0) is 61.3 Å². The summed E-state index contributed by atoms with van der Waals surface area (Å²) < 4.78 is 0. The molecule has 3 heteroatoms. The van der Waals surface area contributed by atoms with Crippen LogP contribution in [-0.4, -0.2) is 5.91 Å². The van der Waals surface area contributed by atoms with E-state index < -0.39 is 5.91 Å². The number of carbonyl (C=O) groups excluding carboxylic acids is 1. The minimum absolute atomic E-state index is 0.425. The van der Waals surface area contributed by atoms with Gasteiger partial charge in [-0.25, -0.2) is 0 Å². The highest BCUT2D eigenvalue weighted by molar-refractivity contribution is 8.05. The lowest BCUT2D eigenvalue weighted by molar-refractivity contribution is -0.114. The van der Waals surface area contributed by atoms with Crippen molar-refractivity contribution in [3.8, 4) is 0 Å². The van der Waals surface area contributed by atoms with Crippen molar-refractivity contribution in [2.24, 2.45) is 11.7 Å². The van der Waals surface area contributed by atoms with E-state index in [2.05, 4.69) is 26.2 Å². The molecule has 0 bridgehead atoms. The van der Waals surface area contributed by atoms with Crippen LogP contribution in [0.3, 0.4) is 0 Å². The van der Waals surface area contributed by atoms with Gasteiger partial charge in [0.2, 0.25) is 5.91 Å². The topological polar surface area (TPSA) is 43.1 Å². The lowest BCUT2D eigenvalue weighted by Gasteiger charge is -2.15. The number of rotatable bonds is 5. The van der Waals surface area contributed by atoms with Crippen molar-refractivity contribution in [3.05, 3.63) is 46.3 Å². The largest absolute Gasteiger partial charge is 0.366 e. The number of thioether (sulfide) groups is 1. The van der Waals surface area contributed by atoms with Gasteiger partial charge >= 0.3 is 0 Å². The number of hydrogen-bond acceptors (Lipinski definition) is 2. The minimum Gasteiger partial charge on any atom is -0.366 e. The SMILES string of the molecule is C=C(C)/C(=C\SC(=C)C1CCC=C(C)CC1)C(N)=O. The minimum atomic E-state index is -0.425. The standard InChI is InChI=1S/C16H23NOS/c1-11(2)15(16(17)18)10-19-13(4)14-7-5-6-12(3)8-9-14/h6,10,14H,1,4-5,7-9H2,2-3H3,(H2,17,18)/b15-10+. The van der Waals surface area contributed by atoms with Crippen LogP contribution in [0.5, 0.6) is 0 Å². The highest BCUT2D eigenvalue weighted by Gasteiger charge is 2.15. The van der Waals surface area contributed by atoms with Crippen LogP contribution in [0.2, 0.25) is 0 Å². The summed E-state index contributed by atoms with van der Waals surface area (Å²) in [5.74, 6) is 0.0837. The fourth-order valence-corrected chi connectivity index (χ4v) is 3.12. The molecule has 1 rings (SSSR count). The number of primary amides is 1. The van der Waals surface area contributed by atoms with E-state index in [1.54, 1.807) is 12.3 Å². The summed E-state index contributed by atoms with van der Waals surface area (Å²) in [5, 5.41) is 1.79. The van der Waals surface area contributed by atoms with Crippen molar-refractivity contribution in [3.63, 3.8) is 0 Å². The highest BCUT2D eigenvalue weighted by atomic mass is 32.2. The van der Waals surface area contributed by atoms with Gasteiger partial charge in [0.1, 0.15) is 0 Å². The molecule has 0 saturated carbocycles. The van der Waals surface area contributed by atoms with Crippen molar-refractivity contribution < 1.29 is 4.79 Å². The Kier molecular flexibility index (Phi) is 6.16. The zero-order valence-electron chi connectivity index (χ0n) is 11.9. The van der Waals surface area contributed by atoms with E-state index in [1.807, 2.05) is 0 Å². The summed E-state index contributed by atoms with van der Waals surface area (Å²) in [4.78, 5) is 12.4. The molecule has 0 aromatic carbocycles. The van der Waals surface area contributed by atoms with E-state index >= 15 is 0 Å². The second kappa shape index (κ2) is 7.39. The Morgan fingerprint density at radius 3 is 2.74 bits per heavy atom. The quantitative estimate of drug-likeness (QED) is 0.462.